The third-order valence-electron chi connectivity index (χ3n) is 5.66. The van der Waals surface area contributed by atoms with E-state index in [0.29, 0.717) is 5.92 Å². The normalized spacial score (nSPS) is 44.3. The maximum Gasteiger partial charge on any atom is 0.0948 e. The Bertz CT molecular complexity index is 503. The van der Waals surface area contributed by atoms with Crippen LogP contribution in [0, 0.1) is 5.92 Å². The van der Waals surface area contributed by atoms with E-state index in [2.05, 4.69) is 23.5 Å². The van der Waals surface area contributed by atoms with Crippen LogP contribution in [0.1, 0.15) is 42.9 Å². The highest BCUT2D eigenvalue weighted by molar-refractivity contribution is 5.43. The van der Waals surface area contributed by atoms with Crippen molar-refractivity contribution in [1.29, 1.82) is 0 Å². The largest absolute Gasteiger partial charge is 0.393 e. The van der Waals surface area contributed by atoms with Gasteiger partial charge in [0, 0.05) is 11.5 Å². The Morgan fingerprint density at radius 2 is 2.00 bits per heavy atom. The summed E-state index contributed by atoms with van der Waals surface area (Å²) in [4.78, 5) is 0. The van der Waals surface area contributed by atoms with Gasteiger partial charge >= 0.3 is 0 Å². The highest BCUT2D eigenvalue weighted by Gasteiger charge is 2.55. The molecule has 1 aliphatic heterocycles. The molecule has 0 aromatic heterocycles. The van der Waals surface area contributed by atoms with Crippen molar-refractivity contribution in [3.8, 4) is 0 Å². The zero-order chi connectivity index (χ0) is 13.0. The molecule has 1 aromatic carbocycles. The summed E-state index contributed by atoms with van der Waals surface area (Å²) < 4.78 is 0. The van der Waals surface area contributed by atoms with E-state index in [9.17, 15) is 10.2 Å². The van der Waals surface area contributed by atoms with Crippen LogP contribution in [0.25, 0.3) is 0 Å². The molecule has 3 N–H and O–H groups in total. The highest BCUT2D eigenvalue weighted by atomic mass is 16.3. The van der Waals surface area contributed by atoms with Crippen LogP contribution in [0.3, 0.4) is 0 Å². The molecule has 3 aliphatic rings. The molecule has 5 atom stereocenters. The number of benzene rings is 1. The summed E-state index contributed by atoms with van der Waals surface area (Å²) in [5, 5.41) is 24.3. The van der Waals surface area contributed by atoms with Crippen molar-refractivity contribution >= 4 is 0 Å². The molecular weight excluding hydrogens is 238 g/mol. The predicted octanol–water partition coefficient (Wildman–Crippen LogP) is 1.49. The van der Waals surface area contributed by atoms with Crippen LogP contribution in [0.2, 0.25) is 0 Å². The van der Waals surface area contributed by atoms with Crippen molar-refractivity contribution in [3.05, 3.63) is 35.4 Å². The highest BCUT2D eigenvalue weighted by Crippen LogP contribution is 2.56. The lowest BCUT2D eigenvalue weighted by Gasteiger charge is -2.58. The maximum atomic E-state index is 10.6. The Morgan fingerprint density at radius 3 is 2.89 bits per heavy atom. The fourth-order valence-electron chi connectivity index (χ4n) is 4.91. The first-order valence-electron chi connectivity index (χ1n) is 7.41. The summed E-state index contributed by atoms with van der Waals surface area (Å²) in [5.41, 5.74) is 2.46. The van der Waals surface area contributed by atoms with Crippen molar-refractivity contribution < 1.29 is 10.2 Å². The van der Waals surface area contributed by atoms with Crippen LogP contribution >= 0.6 is 0 Å². The van der Waals surface area contributed by atoms with Crippen LogP contribution in [0.5, 0.6) is 0 Å². The van der Waals surface area contributed by atoms with E-state index in [1.165, 1.54) is 5.56 Å². The molecule has 0 spiro atoms. The molecule has 19 heavy (non-hydrogen) atoms. The van der Waals surface area contributed by atoms with Crippen molar-refractivity contribution in [2.75, 3.05) is 6.54 Å². The number of hydrogen-bond acceptors (Lipinski definition) is 3. The fourth-order valence-corrected chi connectivity index (χ4v) is 4.91. The summed E-state index contributed by atoms with van der Waals surface area (Å²) >= 11 is 0. The fraction of sp³-hybridized carbons (Fsp3) is 0.625. The van der Waals surface area contributed by atoms with E-state index >= 15 is 0 Å². The Labute approximate surface area is 113 Å². The van der Waals surface area contributed by atoms with E-state index in [-0.39, 0.29) is 17.6 Å². The Morgan fingerprint density at radius 1 is 1.16 bits per heavy atom. The predicted molar refractivity (Wildman–Crippen MR) is 72.8 cm³/mol. The summed E-state index contributed by atoms with van der Waals surface area (Å²) in [6.07, 6.45) is 3.25. The van der Waals surface area contributed by atoms with Gasteiger partial charge in [-0.1, -0.05) is 24.3 Å². The third-order valence-corrected chi connectivity index (χ3v) is 5.66. The van der Waals surface area contributed by atoms with Crippen LogP contribution in [-0.2, 0) is 5.41 Å². The van der Waals surface area contributed by atoms with Crippen LogP contribution in [0.15, 0.2) is 24.3 Å². The van der Waals surface area contributed by atoms with E-state index in [1.807, 2.05) is 6.07 Å². The number of fused-ring (bicyclic) bond motifs is 1. The van der Waals surface area contributed by atoms with Crippen molar-refractivity contribution in [2.45, 2.75) is 49.3 Å². The first-order valence-corrected chi connectivity index (χ1v) is 7.41. The summed E-state index contributed by atoms with van der Waals surface area (Å²) in [6.45, 7) is 0.944. The maximum absolute atomic E-state index is 10.6. The summed E-state index contributed by atoms with van der Waals surface area (Å²) in [7, 11) is 0. The number of aliphatic hydroxyl groups is 2. The standard InChI is InChI=1S/C16H21NO2/c18-10-5-6-13-14-15(19)11-3-1-2-4-12(11)16(13,9-10)7-8-17-14/h1-4,10,13-15,17-19H,5-9H2/t10?,13-,14-,15?,16+/m0/s1. The zero-order valence-electron chi connectivity index (χ0n) is 11.0. The van der Waals surface area contributed by atoms with Gasteiger partial charge in [-0.05, 0) is 49.3 Å². The van der Waals surface area contributed by atoms with Crippen molar-refractivity contribution in [3.63, 3.8) is 0 Å². The molecule has 0 amide bonds. The Hall–Kier alpha value is -0.900. The molecule has 2 unspecified atom stereocenters. The monoisotopic (exact) mass is 259 g/mol. The molecule has 102 valence electrons. The smallest absolute Gasteiger partial charge is 0.0948 e. The molecule has 3 nitrogen and oxygen atoms in total. The number of aliphatic hydroxyl groups excluding tert-OH is 2. The van der Waals surface area contributed by atoms with E-state index < -0.39 is 6.10 Å². The first-order chi connectivity index (χ1) is 9.22. The second-order valence-electron chi connectivity index (χ2n) is 6.46. The van der Waals surface area contributed by atoms with Crippen LogP contribution < -0.4 is 5.32 Å². The van der Waals surface area contributed by atoms with Crippen LogP contribution in [-0.4, -0.2) is 28.9 Å². The lowest BCUT2D eigenvalue weighted by molar-refractivity contribution is -0.0397. The zero-order valence-corrected chi connectivity index (χ0v) is 11.0. The number of piperidine rings is 1. The Kier molecular flexibility index (Phi) is 2.53. The van der Waals surface area contributed by atoms with Gasteiger partial charge in [0.1, 0.15) is 0 Å². The Balaban J connectivity index is 1.92. The van der Waals surface area contributed by atoms with E-state index in [4.69, 9.17) is 0 Å². The number of nitrogens with one attached hydrogen (secondary N) is 1. The van der Waals surface area contributed by atoms with Gasteiger partial charge in [0.2, 0.25) is 0 Å². The SMILES string of the molecule is OC1CC[C@H]2[C@@H]3NCC[C@@]2(C1)c1ccccc1C3O. The second kappa shape index (κ2) is 4.05. The molecule has 1 saturated carbocycles. The molecule has 2 fully saturated rings. The summed E-state index contributed by atoms with van der Waals surface area (Å²) in [6, 6.07) is 8.47. The van der Waals surface area contributed by atoms with Gasteiger partial charge in [-0.25, -0.2) is 0 Å². The first kappa shape index (κ1) is 11.9. The second-order valence-corrected chi connectivity index (χ2v) is 6.46. The van der Waals surface area contributed by atoms with Gasteiger partial charge in [0.25, 0.3) is 0 Å². The lowest BCUT2D eigenvalue weighted by atomic mass is 9.51. The van der Waals surface area contributed by atoms with Crippen LogP contribution in [0.4, 0.5) is 0 Å². The lowest BCUT2D eigenvalue weighted by Crippen LogP contribution is -2.62. The minimum atomic E-state index is -0.398. The molecule has 1 saturated heterocycles. The van der Waals surface area contributed by atoms with Crippen molar-refractivity contribution in [2.24, 2.45) is 5.92 Å². The minimum Gasteiger partial charge on any atom is -0.393 e. The van der Waals surface area contributed by atoms with Gasteiger partial charge in [-0.3, -0.25) is 0 Å². The van der Waals surface area contributed by atoms with Gasteiger partial charge in [0.05, 0.1) is 12.2 Å². The molecule has 2 aliphatic carbocycles. The van der Waals surface area contributed by atoms with Gasteiger partial charge in [0.15, 0.2) is 0 Å². The summed E-state index contributed by atoms with van der Waals surface area (Å²) in [5.74, 6) is 0.467. The van der Waals surface area contributed by atoms with Gasteiger partial charge in [-0.15, -0.1) is 0 Å². The molecule has 1 aromatic rings. The number of hydrogen-bond donors (Lipinski definition) is 3. The van der Waals surface area contributed by atoms with Gasteiger partial charge in [-0.2, -0.15) is 0 Å². The van der Waals surface area contributed by atoms with Gasteiger partial charge < -0.3 is 15.5 Å². The van der Waals surface area contributed by atoms with E-state index in [0.717, 1.165) is 37.8 Å². The molecule has 4 rings (SSSR count). The topological polar surface area (TPSA) is 52.5 Å². The van der Waals surface area contributed by atoms with E-state index in [1.54, 1.807) is 0 Å². The average Bonchev–Trinajstić information content (AvgIpc) is 2.44. The van der Waals surface area contributed by atoms with Crippen molar-refractivity contribution in [1.82, 2.24) is 5.32 Å². The minimum absolute atomic E-state index is 0.0867. The molecule has 3 heteroatoms. The molecule has 1 heterocycles. The quantitative estimate of drug-likeness (QED) is 0.662. The number of rotatable bonds is 0. The third kappa shape index (κ3) is 1.49. The molecule has 2 bridgehead atoms. The molecule has 0 radical (unpaired) electrons. The average molecular weight is 259 g/mol. The molecular formula is C16H21NO2.